The second kappa shape index (κ2) is 5.58. The lowest BCUT2D eigenvalue weighted by molar-refractivity contribution is 0.670. The van der Waals surface area contributed by atoms with Crippen LogP contribution in [-0.2, 0) is 13.0 Å². The molecule has 0 saturated carbocycles. The third-order valence-corrected chi connectivity index (χ3v) is 2.50. The smallest absolute Gasteiger partial charge is 0.137 e. The predicted molar refractivity (Wildman–Crippen MR) is 61.0 cm³/mol. The molecule has 0 atom stereocenters. The van der Waals surface area contributed by atoms with Gasteiger partial charge in [0.25, 0.3) is 0 Å². The molecule has 84 valence electrons. The highest BCUT2D eigenvalue weighted by Gasteiger charge is 2.00. The first-order chi connectivity index (χ1) is 7.86. The molecular weight excluding hydrogens is 226 g/mol. The van der Waals surface area contributed by atoms with Gasteiger partial charge in [0.05, 0.1) is 0 Å². The number of pyridine rings is 1. The second-order valence-electron chi connectivity index (χ2n) is 3.31. The van der Waals surface area contributed by atoms with Crippen molar-refractivity contribution < 1.29 is 0 Å². The van der Waals surface area contributed by atoms with E-state index in [1.54, 1.807) is 6.20 Å². The van der Waals surface area contributed by atoms with Gasteiger partial charge in [0, 0.05) is 31.3 Å². The van der Waals surface area contributed by atoms with Gasteiger partial charge < -0.3 is 5.32 Å². The first-order valence-corrected chi connectivity index (χ1v) is 5.38. The van der Waals surface area contributed by atoms with E-state index in [0.717, 1.165) is 24.4 Å². The van der Waals surface area contributed by atoms with Crippen molar-refractivity contribution in [3.05, 3.63) is 41.2 Å². The van der Waals surface area contributed by atoms with E-state index in [0.29, 0.717) is 11.7 Å². The average Bonchev–Trinajstić information content (AvgIpc) is 2.79. The summed E-state index contributed by atoms with van der Waals surface area (Å²) in [5, 5.41) is 10.4. The van der Waals surface area contributed by atoms with Crippen LogP contribution in [0, 0.1) is 0 Å². The minimum Gasteiger partial charge on any atom is -0.312 e. The summed E-state index contributed by atoms with van der Waals surface area (Å²) < 4.78 is 0. The number of aromatic nitrogens is 4. The van der Waals surface area contributed by atoms with Crippen molar-refractivity contribution in [2.75, 3.05) is 6.54 Å². The molecule has 0 fully saturated rings. The Balaban J connectivity index is 1.74. The fourth-order valence-electron chi connectivity index (χ4n) is 1.33. The van der Waals surface area contributed by atoms with Crippen molar-refractivity contribution in [2.45, 2.75) is 13.0 Å². The summed E-state index contributed by atoms with van der Waals surface area (Å²) >= 11 is 5.92. The van der Waals surface area contributed by atoms with Crippen LogP contribution in [0.3, 0.4) is 0 Å². The molecule has 5 nitrogen and oxygen atoms in total. The molecule has 0 saturated heterocycles. The first kappa shape index (κ1) is 11.0. The summed E-state index contributed by atoms with van der Waals surface area (Å²) in [6.45, 7) is 1.53. The molecule has 0 aliphatic heterocycles. The largest absolute Gasteiger partial charge is 0.312 e. The summed E-state index contributed by atoms with van der Waals surface area (Å²) in [5.74, 6) is 0.879. The Hall–Kier alpha value is -1.46. The van der Waals surface area contributed by atoms with E-state index in [2.05, 4.69) is 25.5 Å². The number of hydrogen-bond donors (Lipinski definition) is 2. The summed E-state index contributed by atoms with van der Waals surface area (Å²) in [6, 6.07) is 3.83. The van der Waals surface area contributed by atoms with Crippen LogP contribution in [0.15, 0.2) is 24.7 Å². The maximum Gasteiger partial charge on any atom is 0.137 e. The molecule has 2 heterocycles. The van der Waals surface area contributed by atoms with E-state index >= 15 is 0 Å². The number of rotatable bonds is 5. The molecule has 0 aliphatic carbocycles. The monoisotopic (exact) mass is 237 g/mol. The SMILES string of the molecule is Clc1ncccc1CNCCc1ncn[nH]1. The van der Waals surface area contributed by atoms with E-state index in [9.17, 15) is 0 Å². The van der Waals surface area contributed by atoms with Gasteiger partial charge in [-0.05, 0) is 6.07 Å². The zero-order valence-corrected chi connectivity index (χ0v) is 9.41. The van der Waals surface area contributed by atoms with E-state index in [-0.39, 0.29) is 0 Å². The van der Waals surface area contributed by atoms with E-state index in [1.807, 2.05) is 12.1 Å². The number of hydrogen-bond acceptors (Lipinski definition) is 4. The minimum atomic E-state index is 0.551. The van der Waals surface area contributed by atoms with Crippen LogP contribution in [0.5, 0.6) is 0 Å². The van der Waals surface area contributed by atoms with Crippen molar-refractivity contribution >= 4 is 11.6 Å². The van der Waals surface area contributed by atoms with Crippen molar-refractivity contribution in [2.24, 2.45) is 0 Å². The summed E-state index contributed by atoms with van der Waals surface area (Å²) in [4.78, 5) is 8.04. The summed E-state index contributed by atoms with van der Waals surface area (Å²) in [5.41, 5.74) is 1.00. The summed E-state index contributed by atoms with van der Waals surface area (Å²) in [7, 11) is 0. The Bertz CT molecular complexity index is 429. The van der Waals surface area contributed by atoms with Crippen LogP contribution in [-0.4, -0.2) is 26.7 Å². The molecule has 0 aromatic carbocycles. The highest BCUT2D eigenvalue weighted by molar-refractivity contribution is 6.30. The predicted octanol–water partition coefficient (Wildman–Crippen LogP) is 1.19. The van der Waals surface area contributed by atoms with Crippen LogP contribution < -0.4 is 5.32 Å². The van der Waals surface area contributed by atoms with Crippen LogP contribution in [0.1, 0.15) is 11.4 Å². The fraction of sp³-hybridized carbons (Fsp3) is 0.300. The lowest BCUT2D eigenvalue weighted by Gasteiger charge is -2.04. The normalized spacial score (nSPS) is 10.6. The molecule has 0 amide bonds. The zero-order valence-electron chi connectivity index (χ0n) is 8.65. The van der Waals surface area contributed by atoms with Crippen LogP contribution in [0.25, 0.3) is 0 Å². The maximum absolute atomic E-state index is 5.92. The Morgan fingerprint density at radius 2 is 2.31 bits per heavy atom. The number of aromatic amines is 1. The van der Waals surface area contributed by atoms with Gasteiger partial charge in [-0.1, -0.05) is 17.7 Å². The zero-order chi connectivity index (χ0) is 11.2. The average molecular weight is 238 g/mol. The van der Waals surface area contributed by atoms with Gasteiger partial charge in [0.1, 0.15) is 17.3 Å². The van der Waals surface area contributed by atoms with Gasteiger partial charge in [-0.25, -0.2) is 9.97 Å². The highest BCUT2D eigenvalue weighted by Crippen LogP contribution is 2.10. The minimum absolute atomic E-state index is 0.551. The number of halogens is 1. The topological polar surface area (TPSA) is 66.5 Å². The third-order valence-electron chi connectivity index (χ3n) is 2.16. The van der Waals surface area contributed by atoms with Gasteiger partial charge in [-0.3, -0.25) is 5.10 Å². The Labute approximate surface area is 98.3 Å². The van der Waals surface area contributed by atoms with Gasteiger partial charge in [-0.15, -0.1) is 0 Å². The molecule has 2 aromatic heterocycles. The second-order valence-corrected chi connectivity index (χ2v) is 3.67. The first-order valence-electron chi connectivity index (χ1n) is 5.00. The maximum atomic E-state index is 5.92. The lowest BCUT2D eigenvalue weighted by atomic mass is 10.3. The van der Waals surface area contributed by atoms with Crippen LogP contribution in [0.4, 0.5) is 0 Å². The number of nitrogens with zero attached hydrogens (tertiary/aromatic N) is 3. The van der Waals surface area contributed by atoms with E-state index < -0.39 is 0 Å². The Morgan fingerprint density at radius 3 is 3.06 bits per heavy atom. The van der Waals surface area contributed by atoms with Gasteiger partial charge >= 0.3 is 0 Å². The summed E-state index contributed by atoms with van der Waals surface area (Å²) in [6.07, 6.45) is 4.01. The fourth-order valence-corrected chi connectivity index (χ4v) is 1.52. The Kier molecular flexibility index (Phi) is 3.85. The lowest BCUT2D eigenvalue weighted by Crippen LogP contribution is -2.17. The highest BCUT2D eigenvalue weighted by atomic mass is 35.5. The quantitative estimate of drug-likeness (QED) is 0.606. The molecule has 2 N–H and O–H groups in total. The van der Waals surface area contributed by atoms with Crippen molar-refractivity contribution in [1.82, 2.24) is 25.5 Å². The van der Waals surface area contributed by atoms with Gasteiger partial charge in [0.2, 0.25) is 0 Å². The van der Waals surface area contributed by atoms with Crippen molar-refractivity contribution in [3.8, 4) is 0 Å². The van der Waals surface area contributed by atoms with Crippen LogP contribution >= 0.6 is 11.6 Å². The molecular formula is C10H12ClN5. The molecule has 0 unspecified atom stereocenters. The standard InChI is InChI=1S/C10H12ClN5/c11-10-8(2-1-4-13-10)6-12-5-3-9-14-7-15-16-9/h1-2,4,7,12H,3,5-6H2,(H,14,15,16). The number of nitrogens with one attached hydrogen (secondary N) is 2. The molecule has 0 aliphatic rings. The van der Waals surface area contributed by atoms with Crippen molar-refractivity contribution in [1.29, 1.82) is 0 Å². The molecule has 6 heteroatoms. The van der Waals surface area contributed by atoms with Gasteiger partial charge in [0.15, 0.2) is 0 Å². The molecule has 2 rings (SSSR count). The van der Waals surface area contributed by atoms with Crippen molar-refractivity contribution in [3.63, 3.8) is 0 Å². The third kappa shape index (κ3) is 3.01. The number of H-pyrrole nitrogens is 1. The molecule has 16 heavy (non-hydrogen) atoms. The van der Waals surface area contributed by atoms with E-state index in [1.165, 1.54) is 6.33 Å². The molecule has 0 radical (unpaired) electrons. The van der Waals surface area contributed by atoms with Crippen LogP contribution in [0.2, 0.25) is 5.15 Å². The molecule has 2 aromatic rings. The van der Waals surface area contributed by atoms with Gasteiger partial charge in [-0.2, -0.15) is 5.10 Å². The molecule has 0 spiro atoms. The Morgan fingerprint density at radius 1 is 1.38 bits per heavy atom. The van der Waals surface area contributed by atoms with E-state index in [4.69, 9.17) is 11.6 Å². The molecule has 0 bridgehead atoms.